The maximum absolute atomic E-state index is 10.3. The fourth-order valence-corrected chi connectivity index (χ4v) is 0.902. The number of rotatable bonds is 2. The number of aromatic hydroxyl groups is 3. The van der Waals surface area contributed by atoms with E-state index in [0.717, 1.165) is 12.1 Å². The average Bonchev–Trinajstić information content (AvgIpc) is 2.34. The molecule has 1 aromatic rings. The van der Waals surface area contributed by atoms with Crippen molar-refractivity contribution in [3.63, 3.8) is 0 Å². The van der Waals surface area contributed by atoms with Crippen LogP contribution in [0.3, 0.4) is 0 Å². The number of benzene rings is 1. The van der Waals surface area contributed by atoms with Crippen molar-refractivity contribution in [1.82, 2.24) is 0 Å². The van der Waals surface area contributed by atoms with E-state index in [2.05, 4.69) is 11.3 Å². The third-order valence-electron chi connectivity index (χ3n) is 1.85. The van der Waals surface area contributed by atoms with Crippen molar-refractivity contribution in [2.24, 2.45) is 0 Å². The first-order valence-corrected chi connectivity index (χ1v) is 4.92. The lowest BCUT2D eigenvalue weighted by Crippen LogP contribution is -1.98. The van der Waals surface area contributed by atoms with Crippen LogP contribution in [-0.2, 0) is 9.53 Å². The highest BCUT2D eigenvalue weighted by atomic mass is 16.5. The van der Waals surface area contributed by atoms with E-state index < -0.39 is 23.2 Å². The van der Waals surface area contributed by atoms with Gasteiger partial charge < -0.3 is 25.2 Å². The second-order valence-electron chi connectivity index (χ2n) is 3.44. The number of methoxy groups -OCH3 is 1. The van der Waals surface area contributed by atoms with Crippen LogP contribution in [0, 0.1) is 0 Å². The number of hydrogen-bond donors (Lipinski definition) is 4. The summed E-state index contributed by atoms with van der Waals surface area (Å²) in [4.78, 5) is 20.5. The molecule has 0 aromatic heterocycles. The van der Waals surface area contributed by atoms with Gasteiger partial charge in [0, 0.05) is 5.57 Å². The Kier molecular flexibility index (Phi) is 5.92. The van der Waals surface area contributed by atoms with Crippen molar-refractivity contribution in [3.8, 4) is 17.2 Å². The van der Waals surface area contributed by atoms with E-state index in [9.17, 15) is 9.59 Å². The topological polar surface area (TPSA) is 124 Å². The standard InChI is InChI=1S/C7H6O5.C5H8O2/c8-4-1-3(7(11)12)2-5(9)6(4)10;1-4(2)5(6)7-3/h1-2,8-10H,(H,11,12);1H2,2-3H3. The Balaban J connectivity index is 0.000000399. The Morgan fingerprint density at radius 2 is 1.58 bits per heavy atom. The summed E-state index contributed by atoms with van der Waals surface area (Å²) in [5.41, 5.74) is 0.144. The van der Waals surface area contributed by atoms with E-state index >= 15 is 0 Å². The zero-order valence-corrected chi connectivity index (χ0v) is 10.4. The van der Waals surface area contributed by atoms with Gasteiger partial charge in [-0.15, -0.1) is 0 Å². The molecule has 7 heteroatoms. The molecule has 19 heavy (non-hydrogen) atoms. The number of carbonyl (C=O) groups is 2. The molecule has 0 aliphatic carbocycles. The minimum Gasteiger partial charge on any atom is -0.504 e. The highest BCUT2D eigenvalue weighted by Crippen LogP contribution is 2.35. The van der Waals surface area contributed by atoms with Crippen LogP contribution >= 0.6 is 0 Å². The summed E-state index contributed by atoms with van der Waals surface area (Å²) in [6, 6.07) is 1.69. The normalized spacial score (nSPS) is 8.95. The second-order valence-corrected chi connectivity index (χ2v) is 3.44. The van der Waals surface area contributed by atoms with Crippen LogP contribution in [0.4, 0.5) is 0 Å². The lowest BCUT2D eigenvalue weighted by Gasteiger charge is -2.01. The average molecular weight is 270 g/mol. The molecule has 0 radical (unpaired) electrons. The molecule has 0 saturated heterocycles. The Hall–Kier alpha value is -2.70. The van der Waals surface area contributed by atoms with Crippen LogP contribution < -0.4 is 0 Å². The quantitative estimate of drug-likeness (QED) is 0.362. The molecule has 1 rings (SSSR count). The highest BCUT2D eigenvalue weighted by Gasteiger charge is 2.11. The van der Waals surface area contributed by atoms with Crippen LogP contribution in [0.15, 0.2) is 24.3 Å². The number of phenolic OH excluding ortho intramolecular Hbond substituents is 3. The van der Waals surface area contributed by atoms with Crippen LogP contribution in [0.25, 0.3) is 0 Å². The molecule has 0 spiro atoms. The lowest BCUT2D eigenvalue weighted by atomic mass is 10.2. The third-order valence-corrected chi connectivity index (χ3v) is 1.85. The highest BCUT2D eigenvalue weighted by molar-refractivity contribution is 5.89. The molecule has 0 atom stereocenters. The fraction of sp³-hybridized carbons (Fsp3) is 0.167. The number of carboxylic acid groups (broad SMARTS) is 1. The molecule has 104 valence electrons. The first-order valence-electron chi connectivity index (χ1n) is 4.92. The molecule has 0 fully saturated rings. The summed E-state index contributed by atoms with van der Waals surface area (Å²) < 4.78 is 4.27. The van der Waals surface area contributed by atoms with Crippen LogP contribution in [0.1, 0.15) is 17.3 Å². The zero-order chi connectivity index (χ0) is 15.2. The van der Waals surface area contributed by atoms with Gasteiger partial charge in [0.1, 0.15) is 0 Å². The van der Waals surface area contributed by atoms with E-state index in [1.54, 1.807) is 6.92 Å². The fourth-order valence-electron chi connectivity index (χ4n) is 0.902. The molecule has 0 aliphatic rings. The summed E-state index contributed by atoms with van der Waals surface area (Å²) in [6.07, 6.45) is 0. The Bertz CT molecular complexity index is 482. The van der Waals surface area contributed by atoms with Crippen molar-refractivity contribution in [1.29, 1.82) is 0 Å². The number of phenols is 3. The van der Waals surface area contributed by atoms with Gasteiger partial charge in [0.2, 0.25) is 0 Å². The van der Waals surface area contributed by atoms with Gasteiger partial charge in [-0.1, -0.05) is 6.58 Å². The molecular weight excluding hydrogens is 256 g/mol. The summed E-state index contributed by atoms with van der Waals surface area (Å²) in [7, 11) is 1.33. The van der Waals surface area contributed by atoms with E-state index in [-0.39, 0.29) is 11.5 Å². The molecule has 0 unspecified atom stereocenters. The first-order chi connectivity index (χ1) is 8.70. The van der Waals surface area contributed by atoms with Gasteiger partial charge >= 0.3 is 11.9 Å². The van der Waals surface area contributed by atoms with Gasteiger partial charge in [0.15, 0.2) is 17.2 Å². The summed E-state index contributed by atoms with van der Waals surface area (Å²) >= 11 is 0. The predicted octanol–water partition coefficient (Wildman–Crippen LogP) is 1.24. The van der Waals surface area contributed by atoms with Gasteiger partial charge in [-0.25, -0.2) is 9.59 Å². The molecule has 0 bridgehead atoms. The van der Waals surface area contributed by atoms with Gasteiger partial charge in [-0.05, 0) is 19.1 Å². The van der Waals surface area contributed by atoms with Gasteiger partial charge in [-0.3, -0.25) is 0 Å². The SMILES string of the molecule is C=C(C)C(=O)OC.O=C(O)c1cc(O)c(O)c(O)c1. The smallest absolute Gasteiger partial charge is 0.335 e. The molecule has 0 heterocycles. The number of carbonyl (C=O) groups excluding carboxylic acids is 1. The number of aromatic carboxylic acids is 1. The number of ether oxygens (including phenoxy) is 1. The maximum atomic E-state index is 10.3. The number of carboxylic acids is 1. The summed E-state index contributed by atoms with van der Waals surface area (Å²) in [5, 5.41) is 35.0. The molecule has 7 nitrogen and oxygen atoms in total. The van der Waals surface area contributed by atoms with E-state index in [1.807, 2.05) is 0 Å². The van der Waals surface area contributed by atoms with Crippen molar-refractivity contribution in [3.05, 3.63) is 29.8 Å². The van der Waals surface area contributed by atoms with Gasteiger partial charge in [-0.2, -0.15) is 0 Å². The lowest BCUT2D eigenvalue weighted by molar-refractivity contribution is -0.136. The Morgan fingerprint density at radius 1 is 1.16 bits per heavy atom. The molecule has 0 saturated carbocycles. The largest absolute Gasteiger partial charge is 0.504 e. The molecule has 0 aliphatic heterocycles. The number of hydrogen-bond acceptors (Lipinski definition) is 6. The molecule has 0 amide bonds. The number of esters is 1. The zero-order valence-electron chi connectivity index (χ0n) is 10.4. The van der Waals surface area contributed by atoms with Gasteiger partial charge in [0.25, 0.3) is 0 Å². The van der Waals surface area contributed by atoms with E-state index in [0.29, 0.717) is 5.57 Å². The van der Waals surface area contributed by atoms with Gasteiger partial charge in [0.05, 0.1) is 12.7 Å². The molecule has 1 aromatic carbocycles. The minimum absolute atomic E-state index is 0.289. The Labute approximate surface area is 109 Å². The van der Waals surface area contributed by atoms with Crippen molar-refractivity contribution >= 4 is 11.9 Å². The maximum Gasteiger partial charge on any atom is 0.335 e. The monoisotopic (exact) mass is 270 g/mol. The van der Waals surface area contributed by atoms with Crippen LogP contribution in [0.5, 0.6) is 17.2 Å². The minimum atomic E-state index is -1.29. The summed E-state index contributed by atoms with van der Waals surface area (Å²) in [5.74, 6) is -3.68. The predicted molar refractivity (Wildman–Crippen MR) is 65.2 cm³/mol. The summed E-state index contributed by atoms with van der Waals surface area (Å²) in [6.45, 7) is 4.95. The Morgan fingerprint density at radius 3 is 1.79 bits per heavy atom. The van der Waals surface area contributed by atoms with Crippen LogP contribution in [0.2, 0.25) is 0 Å². The van der Waals surface area contributed by atoms with E-state index in [4.69, 9.17) is 20.4 Å². The van der Waals surface area contributed by atoms with E-state index in [1.165, 1.54) is 7.11 Å². The van der Waals surface area contributed by atoms with Crippen LogP contribution in [-0.4, -0.2) is 39.5 Å². The third kappa shape index (κ3) is 4.99. The van der Waals surface area contributed by atoms with Crippen molar-refractivity contribution in [2.75, 3.05) is 7.11 Å². The molecular formula is C12H14O7. The first kappa shape index (κ1) is 16.3. The van der Waals surface area contributed by atoms with Crippen molar-refractivity contribution in [2.45, 2.75) is 6.92 Å². The van der Waals surface area contributed by atoms with Crippen molar-refractivity contribution < 1.29 is 34.8 Å². The second kappa shape index (κ2) is 6.90. The molecule has 4 N–H and O–H groups in total.